The third-order valence-electron chi connectivity index (χ3n) is 5.45. The van der Waals surface area contributed by atoms with E-state index in [4.69, 9.17) is 0 Å². The summed E-state index contributed by atoms with van der Waals surface area (Å²) < 4.78 is 69.9. The number of allylic oxidation sites excluding steroid dienone is 1. The second kappa shape index (κ2) is 9.41. The van der Waals surface area contributed by atoms with Crippen molar-refractivity contribution in [2.24, 2.45) is 10.9 Å². The Kier molecular flexibility index (Phi) is 6.55. The maximum atomic E-state index is 14.5. The summed E-state index contributed by atoms with van der Waals surface area (Å²) in [6.45, 7) is 3.99. The molecule has 0 aromatic heterocycles. The van der Waals surface area contributed by atoms with E-state index in [1.807, 2.05) is 44.2 Å². The summed E-state index contributed by atoms with van der Waals surface area (Å²) in [7, 11) is 0. The minimum Gasteiger partial charge on any atom is -0.406 e. The number of ether oxygens (including phenoxy) is 1. The van der Waals surface area contributed by atoms with Crippen molar-refractivity contribution in [3.63, 3.8) is 0 Å². The molecule has 0 saturated carbocycles. The minimum atomic E-state index is -4.74. The first-order chi connectivity index (χ1) is 16.1. The molecule has 176 valence electrons. The van der Waals surface area contributed by atoms with Gasteiger partial charge in [-0.2, -0.15) is 0 Å². The van der Waals surface area contributed by atoms with Gasteiger partial charge in [-0.25, -0.2) is 8.78 Å². The second-order valence-corrected chi connectivity index (χ2v) is 8.42. The zero-order chi connectivity index (χ0) is 24.5. The lowest BCUT2D eigenvalue weighted by Gasteiger charge is -2.11. The Balaban J connectivity index is 1.60. The molecule has 7 heteroatoms. The van der Waals surface area contributed by atoms with Gasteiger partial charge in [-0.05, 0) is 52.4 Å². The van der Waals surface area contributed by atoms with Gasteiger partial charge in [0.2, 0.25) is 0 Å². The summed E-state index contributed by atoms with van der Waals surface area (Å²) in [5.41, 5.74) is 3.43. The number of nitrogens with zero attached hydrogens (tertiary/aromatic N) is 1. The zero-order valence-corrected chi connectivity index (χ0v) is 18.5. The SMILES string of the molecule is CC(C)C=C1CC(c2ccc(-c3ccc(OC(F)(F)F)cc3)cc2)N=C1c1c(F)cccc1F. The lowest BCUT2D eigenvalue weighted by Crippen LogP contribution is -2.16. The van der Waals surface area contributed by atoms with Gasteiger partial charge in [0.15, 0.2) is 0 Å². The first-order valence-corrected chi connectivity index (χ1v) is 10.8. The number of hydrogen-bond donors (Lipinski definition) is 0. The molecule has 0 spiro atoms. The molecule has 1 unspecified atom stereocenters. The molecule has 3 aromatic carbocycles. The minimum absolute atomic E-state index is 0.116. The Hall–Kier alpha value is -3.48. The normalized spacial score (nSPS) is 17.4. The van der Waals surface area contributed by atoms with E-state index in [-0.39, 0.29) is 23.3 Å². The van der Waals surface area contributed by atoms with Crippen molar-refractivity contribution >= 4 is 5.71 Å². The molecule has 0 amide bonds. The summed E-state index contributed by atoms with van der Waals surface area (Å²) in [6, 6.07) is 16.5. The molecule has 1 aliphatic heterocycles. The number of hydrogen-bond acceptors (Lipinski definition) is 2. The molecule has 0 radical (unpaired) electrons. The van der Waals surface area contributed by atoms with Crippen LogP contribution in [0.25, 0.3) is 11.1 Å². The van der Waals surface area contributed by atoms with Gasteiger partial charge >= 0.3 is 6.36 Å². The first-order valence-electron chi connectivity index (χ1n) is 10.8. The van der Waals surface area contributed by atoms with Crippen molar-refractivity contribution in [1.82, 2.24) is 0 Å². The Morgan fingerprint density at radius 2 is 1.44 bits per heavy atom. The molecule has 1 heterocycles. The highest BCUT2D eigenvalue weighted by molar-refractivity contribution is 6.14. The Morgan fingerprint density at radius 3 is 1.97 bits per heavy atom. The summed E-state index contributed by atoms with van der Waals surface area (Å²) >= 11 is 0. The van der Waals surface area contributed by atoms with Crippen LogP contribution in [0, 0.1) is 17.6 Å². The first kappa shape index (κ1) is 23.7. The summed E-state index contributed by atoms with van der Waals surface area (Å²) in [4.78, 5) is 4.68. The van der Waals surface area contributed by atoms with Crippen LogP contribution in [0.1, 0.15) is 37.4 Å². The van der Waals surface area contributed by atoms with Gasteiger partial charge in [0.05, 0.1) is 17.3 Å². The molecule has 1 aliphatic rings. The Morgan fingerprint density at radius 1 is 0.882 bits per heavy atom. The fraction of sp³-hybridized carbons (Fsp3) is 0.222. The molecule has 34 heavy (non-hydrogen) atoms. The van der Waals surface area contributed by atoms with Crippen molar-refractivity contribution in [3.8, 4) is 16.9 Å². The number of alkyl halides is 3. The highest BCUT2D eigenvalue weighted by Gasteiger charge is 2.31. The molecule has 0 N–H and O–H groups in total. The van der Waals surface area contributed by atoms with E-state index in [0.29, 0.717) is 12.1 Å². The van der Waals surface area contributed by atoms with Crippen LogP contribution in [0.4, 0.5) is 22.0 Å². The van der Waals surface area contributed by atoms with E-state index in [1.165, 1.54) is 30.3 Å². The third kappa shape index (κ3) is 5.35. The van der Waals surface area contributed by atoms with Crippen LogP contribution in [-0.2, 0) is 0 Å². The van der Waals surface area contributed by atoms with E-state index >= 15 is 0 Å². The fourth-order valence-corrected chi connectivity index (χ4v) is 4.03. The van der Waals surface area contributed by atoms with Gasteiger partial charge < -0.3 is 4.74 Å². The topological polar surface area (TPSA) is 21.6 Å². The van der Waals surface area contributed by atoms with Gasteiger partial charge in [-0.1, -0.05) is 62.4 Å². The summed E-state index contributed by atoms with van der Waals surface area (Å²) in [5, 5.41) is 0. The van der Waals surface area contributed by atoms with Crippen LogP contribution in [0.5, 0.6) is 5.75 Å². The van der Waals surface area contributed by atoms with E-state index in [0.717, 1.165) is 22.3 Å². The Bertz CT molecular complexity index is 1210. The molecule has 0 aliphatic carbocycles. The van der Waals surface area contributed by atoms with E-state index in [9.17, 15) is 22.0 Å². The molecule has 2 nitrogen and oxygen atoms in total. The highest BCUT2D eigenvalue weighted by Crippen LogP contribution is 2.37. The molecule has 4 rings (SSSR count). The van der Waals surface area contributed by atoms with Gasteiger partial charge in [0.25, 0.3) is 0 Å². The van der Waals surface area contributed by atoms with Crippen LogP contribution in [0.3, 0.4) is 0 Å². The molecular formula is C27H22F5NO. The third-order valence-corrected chi connectivity index (χ3v) is 5.45. The predicted octanol–water partition coefficient (Wildman–Crippen LogP) is 8.05. The van der Waals surface area contributed by atoms with Crippen molar-refractivity contribution in [1.29, 1.82) is 0 Å². The quantitative estimate of drug-likeness (QED) is 0.345. The number of rotatable bonds is 5. The number of aliphatic imine (C=N–C) groups is 1. The zero-order valence-electron chi connectivity index (χ0n) is 18.5. The average Bonchev–Trinajstić information content (AvgIpc) is 3.16. The van der Waals surface area contributed by atoms with Crippen LogP contribution in [-0.4, -0.2) is 12.1 Å². The monoisotopic (exact) mass is 471 g/mol. The van der Waals surface area contributed by atoms with Gasteiger partial charge in [0.1, 0.15) is 17.4 Å². The predicted molar refractivity (Wildman–Crippen MR) is 122 cm³/mol. The largest absolute Gasteiger partial charge is 0.573 e. The van der Waals surface area contributed by atoms with Crippen molar-refractivity contribution in [2.45, 2.75) is 32.7 Å². The van der Waals surface area contributed by atoms with Crippen molar-refractivity contribution in [2.75, 3.05) is 0 Å². The lowest BCUT2D eigenvalue weighted by molar-refractivity contribution is -0.274. The van der Waals surface area contributed by atoms with Crippen LogP contribution in [0.2, 0.25) is 0 Å². The lowest BCUT2D eigenvalue weighted by atomic mass is 9.94. The van der Waals surface area contributed by atoms with Crippen molar-refractivity contribution in [3.05, 3.63) is 101 Å². The van der Waals surface area contributed by atoms with E-state index in [2.05, 4.69) is 9.73 Å². The maximum absolute atomic E-state index is 14.5. The van der Waals surface area contributed by atoms with Crippen LogP contribution in [0.15, 0.2) is 83.4 Å². The second-order valence-electron chi connectivity index (χ2n) is 8.42. The number of halogens is 5. The number of benzene rings is 3. The molecular weight excluding hydrogens is 449 g/mol. The molecule has 0 fully saturated rings. The Labute approximate surface area is 194 Å². The molecule has 1 atom stereocenters. The average molecular weight is 471 g/mol. The maximum Gasteiger partial charge on any atom is 0.573 e. The summed E-state index contributed by atoms with van der Waals surface area (Å²) in [6.07, 6.45) is -2.24. The van der Waals surface area contributed by atoms with E-state index < -0.39 is 18.0 Å². The van der Waals surface area contributed by atoms with Gasteiger partial charge in [0, 0.05) is 6.42 Å². The summed E-state index contributed by atoms with van der Waals surface area (Å²) in [5.74, 6) is -1.41. The van der Waals surface area contributed by atoms with Gasteiger partial charge in [-0.15, -0.1) is 13.2 Å². The fourth-order valence-electron chi connectivity index (χ4n) is 4.03. The molecule has 0 saturated heterocycles. The van der Waals surface area contributed by atoms with Crippen LogP contribution < -0.4 is 4.74 Å². The molecule has 3 aromatic rings. The van der Waals surface area contributed by atoms with Gasteiger partial charge in [-0.3, -0.25) is 4.99 Å². The van der Waals surface area contributed by atoms with E-state index in [1.54, 1.807) is 12.1 Å². The van der Waals surface area contributed by atoms with Crippen LogP contribution >= 0.6 is 0 Å². The molecule has 0 bridgehead atoms. The standard InChI is InChI=1S/C27H22F5NO/c1-16(2)14-20-15-24(33-26(20)25-22(28)4-3-5-23(25)29)19-8-6-17(7-9-19)18-10-12-21(13-11-18)34-27(30,31)32/h3-14,16,24H,15H2,1-2H3. The van der Waals surface area contributed by atoms with Crippen molar-refractivity contribution < 1.29 is 26.7 Å². The highest BCUT2D eigenvalue weighted by atomic mass is 19.4. The smallest absolute Gasteiger partial charge is 0.406 e.